The van der Waals surface area contributed by atoms with Crippen LogP contribution in [0.4, 0.5) is 5.69 Å². The minimum atomic E-state index is -4.06. The SMILES string of the molecule is Cc1ccc(C)c(N(CC(=O)N(Cc2cccc(Br)c2)C(Cc2ccccc2)C(=O)NC2CCCCC2)S(=O)(=O)N(C)C)c1. The number of nitrogens with one attached hydrogen (secondary N) is 1. The van der Waals surface area contributed by atoms with Gasteiger partial charge in [0.05, 0.1) is 5.69 Å². The van der Waals surface area contributed by atoms with Gasteiger partial charge in [-0.15, -0.1) is 0 Å². The molecule has 44 heavy (non-hydrogen) atoms. The van der Waals surface area contributed by atoms with E-state index in [4.69, 9.17) is 0 Å². The summed E-state index contributed by atoms with van der Waals surface area (Å²) in [7, 11) is -1.15. The van der Waals surface area contributed by atoms with Crippen LogP contribution in [0, 0.1) is 13.8 Å². The molecule has 3 aromatic carbocycles. The Hall–Kier alpha value is -3.21. The van der Waals surface area contributed by atoms with Crippen molar-refractivity contribution in [1.29, 1.82) is 0 Å². The summed E-state index contributed by atoms with van der Waals surface area (Å²) in [6.45, 7) is 3.39. The topological polar surface area (TPSA) is 90.0 Å². The molecule has 1 N–H and O–H groups in total. The van der Waals surface area contributed by atoms with Crippen LogP contribution in [0.3, 0.4) is 0 Å². The second-order valence-electron chi connectivity index (χ2n) is 11.8. The second-order valence-corrected chi connectivity index (χ2v) is 14.8. The third-order valence-electron chi connectivity index (χ3n) is 8.12. The molecule has 0 heterocycles. The number of rotatable bonds is 12. The molecule has 0 saturated heterocycles. The van der Waals surface area contributed by atoms with E-state index in [9.17, 15) is 18.0 Å². The highest BCUT2D eigenvalue weighted by molar-refractivity contribution is 9.10. The summed E-state index contributed by atoms with van der Waals surface area (Å²) in [5, 5.41) is 3.24. The zero-order chi connectivity index (χ0) is 31.9. The first-order valence-corrected chi connectivity index (χ1v) is 17.3. The monoisotopic (exact) mass is 682 g/mol. The normalized spacial score (nSPS) is 14.7. The number of nitrogens with zero attached hydrogens (tertiary/aromatic N) is 3. The summed E-state index contributed by atoms with van der Waals surface area (Å²) >= 11 is 3.53. The molecule has 1 aliphatic rings. The average Bonchev–Trinajstić information content (AvgIpc) is 2.99. The molecule has 10 heteroatoms. The molecular weight excluding hydrogens is 640 g/mol. The largest absolute Gasteiger partial charge is 0.352 e. The molecule has 236 valence electrons. The lowest BCUT2D eigenvalue weighted by molar-refractivity contribution is -0.140. The van der Waals surface area contributed by atoms with E-state index in [0.717, 1.165) is 67.4 Å². The Morgan fingerprint density at radius 1 is 0.909 bits per heavy atom. The Morgan fingerprint density at radius 3 is 2.25 bits per heavy atom. The fourth-order valence-corrected chi connectivity index (χ4v) is 7.18. The number of hydrogen-bond donors (Lipinski definition) is 1. The van der Waals surface area contributed by atoms with Gasteiger partial charge in [-0.1, -0.05) is 89.8 Å². The van der Waals surface area contributed by atoms with Crippen molar-refractivity contribution in [1.82, 2.24) is 14.5 Å². The molecule has 0 aliphatic heterocycles. The summed E-state index contributed by atoms with van der Waals surface area (Å²) in [5.41, 5.74) is 3.77. The molecule has 0 aromatic heterocycles. The van der Waals surface area contributed by atoms with Crippen LogP contribution >= 0.6 is 15.9 Å². The summed E-state index contributed by atoms with van der Waals surface area (Å²) in [6, 6.07) is 22.0. The fourth-order valence-electron chi connectivity index (χ4n) is 5.62. The Labute approximate surface area is 270 Å². The van der Waals surface area contributed by atoms with Crippen LogP contribution in [0.2, 0.25) is 0 Å². The third kappa shape index (κ3) is 8.70. The molecule has 0 spiro atoms. The van der Waals surface area contributed by atoms with Gasteiger partial charge in [0.15, 0.2) is 0 Å². The lowest BCUT2D eigenvalue weighted by Crippen LogP contribution is -2.55. The van der Waals surface area contributed by atoms with Gasteiger partial charge in [0.2, 0.25) is 11.8 Å². The third-order valence-corrected chi connectivity index (χ3v) is 10.4. The van der Waals surface area contributed by atoms with E-state index in [0.29, 0.717) is 12.1 Å². The fraction of sp³-hybridized carbons (Fsp3) is 0.412. The summed E-state index contributed by atoms with van der Waals surface area (Å²) in [5.74, 6) is -0.686. The predicted octanol–water partition coefficient (Wildman–Crippen LogP) is 5.77. The molecule has 1 fully saturated rings. The van der Waals surface area contributed by atoms with Crippen molar-refractivity contribution in [2.45, 2.75) is 71.0 Å². The molecule has 1 aliphatic carbocycles. The molecule has 1 unspecified atom stereocenters. The van der Waals surface area contributed by atoms with E-state index in [2.05, 4.69) is 21.2 Å². The van der Waals surface area contributed by atoms with Gasteiger partial charge < -0.3 is 10.2 Å². The van der Waals surface area contributed by atoms with E-state index in [-0.39, 0.29) is 18.5 Å². The van der Waals surface area contributed by atoms with E-state index in [1.807, 2.05) is 80.6 Å². The molecule has 3 aromatic rings. The van der Waals surface area contributed by atoms with E-state index >= 15 is 0 Å². The highest BCUT2D eigenvalue weighted by Gasteiger charge is 2.36. The zero-order valence-electron chi connectivity index (χ0n) is 26.0. The van der Waals surface area contributed by atoms with Crippen molar-refractivity contribution in [2.75, 3.05) is 24.9 Å². The van der Waals surface area contributed by atoms with Gasteiger partial charge >= 0.3 is 10.2 Å². The van der Waals surface area contributed by atoms with Crippen molar-refractivity contribution in [3.63, 3.8) is 0 Å². The van der Waals surface area contributed by atoms with Gasteiger partial charge in [-0.3, -0.25) is 9.59 Å². The van der Waals surface area contributed by atoms with Gasteiger partial charge in [-0.25, -0.2) is 4.31 Å². The first kappa shape index (κ1) is 33.7. The Kier molecular flexibility index (Phi) is 11.6. The average molecular weight is 684 g/mol. The van der Waals surface area contributed by atoms with Crippen molar-refractivity contribution in [3.8, 4) is 0 Å². The Bertz CT molecular complexity index is 1540. The molecular formula is C34H43BrN4O4S. The number of amides is 2. The van der Waals surface area contributed by atoms with Crippen LogP contribution in [0.5, 0.6) is 0 Å². The maximum Gasteiger partial charge on any atom is 0.304 e. The van der Waals surface area contributed by atoms with Crippen LogP contribution in [0.25, 0.3) is 0 Å². The van der Waals surface area contributed by atoms with Crippen LogP contribution in [-0.4, -0.2) is 62.2 Å². The van der Waals surface area contributed by atoms with Crippen molar-refractivity contribution in [2.24, 2.45) is 0 Å². The van der Waals surface area contributed by atoms with Crippen LogP contribution < -0.4 is 9.62 Å². The molecule has 2 amide bonds. The zero-order valence-corrected chi connectivity index (χ0v) is 28.4. The minimum absolute atomic E-state index is 0.0536. The Balaban J connectivity index is 1.78. The van der Waals surface area contributed by atoms with Gasteiger partial charge in [-0.05, 0) is 67.1 Å². The van der Waals surface area contributed by atoms with E-state index in [1.54, 1.807) is 11.0 Å². The number of halogens is 1. The standard InChI is InChI=1S/C34H43BrN4O4S/c1-25-18-19-26(2)31(20-25)39(44(42,43)37(3)4)24-33(40)38(23-28-14-11-15-29(35)21-28)32(22-27-12-7-5-8-13-27)34(41)36-30-16-9-6-10-17-30/h5,7-8,11-15,18-21,30,32H,6,9-10,16-17,22-24H2,1-4H3,(H,36,41). The van der Waals surface area contributed by atoms with Gasteiger partial charge in [0.1, 0.15) is 12.6 Å². The van der Waals surface area contributed by atoms with Crippen LogP contribution in [-0.2, 0) is 32.8 Å². The van der Waals surface area contributed by atoms with E-state index in [1.165, 1.54) is 14.1 Å². The maximum absolute atomic E-state index is 14.5. The highest BCUT2D eigenvalue weighted by atomic mass is 79.9. The molecule has 0 bridgehead atoms. The minimum Gasteiger partial charge on any atom is -0.352 e. The second kappa shape index (κ2) is 15.2. The molecule has 1 saturated carbocycles. The molecule has 1 atom stereocenters. The number of aryl methyl sites for hydroxylation is 2. The smallest absolute Gasteiger partial charge is 0.304 e. The number of hydrogen-bond acceptors (Lipinski definition) is 4. The lowest BCUT2D eigenvalue weighted by atomic mass is 9.94. The number of carbonyl (C=O) groups excluding carboxylic acids is 2. The number of benzene rings is 3. The summed E-state index contributed by atoms with van der Waals surface area (Å²) in [6.07, 6.45) is 5.38. The van der Waals surface area contributed by atoms with Crippen LogP contribution in [0.1, 0.15) is 54.4 Å². The molecule has 4 rings (SSSR count). The first-order chi connectivity index (χ1) is 21.0. The maximum atomic E-state index is 14.5. The Morgan fingerprint density at radius 2 is 1.59 bits per heavy atom. The van der Waals surface area contributed by atoms with Gasteiger partial charge in [0, 0.05) is 37.6 Å². The first-order valence-electron chi connectivity index (χ1n) is 15.1. The number of carbonyl (C=O) groups is 2. The predicted molar refractivity (Wildman–Crippen MR) is 180 cm³/mol. The van der Waals surface area contributed by atoms with Crippen LogP contribution in [0.15, 0.2) is 77.3 Å². The quantitative estimate of drug-likeness (QED) is 0.263. The number of anilines is 1. The molecule has 8 nitrogen and oxygen atoms in total. The van der Waals surface area contributed by atoms with Crippen molar-refractivity contribution in [3.05, 3.63) is 99.5 Å². The van der Waals surface area contributed by atoms with E-state index < -0.39 is 28.7 Å². The van der Waals surface area contributed by atoms with Gasteiger partial charge in [-0.2, -0.15) is 12.7 Å². The van der Waals surface area contributed by atoms with Crippen molar-refractivity contribution >= 4 is 43.6 Å². The molecule has 0 radical (unpaired) electrons. The summed E-state index contributed by atoms with van der Waals surface area (Å²) in [4.78, 5) is 30.2. The lowest BCUT2D eigenvalue weighted by Gasteiger charge is -2.36. The van der Waals surface area contributed by atoms with Gasteiger partial charge in [0.25, 0.3) is 0 Å². The highest BCUT2D eigenvalue weighted by Crippen LogP contribution is 2.27. The summed E-state index contributed by atoms with van der Waals surface area (Å²) < 4.78 is 30.5. The van der Waals surface area contributed by atoms with Crippen molar-refractivity contribution < 1.29 is 18.0 Å².